The van der Waals surface area contributed by atoms with Crippen LogP contribution < -0.4 is 5.32 Å². The van der Waals surface area contributed by atoms with Crippen molar-refractivity contribution >= 4 is 22.0 Å². The summed E-state index contributed by atoms with van der Waals surface area (Å²) in [5, 5.41) is 2.99. The second-order valence-electron chi connectivity index (χ2n) is 7.50. The molecule has 0 heterocycles. The summed E-state index contributed by atoms with van der Waals surface area (Å²) in [5.41, 5.74) is 2.87. The standard InChI is InChI=1S/C21H24BrNO3/c1-21(2,3)26-20(24)23-19-17-7-5-4-6-15(17)12-18(19)25-13-14-8-10-16(22)11-9-14/h4-11,18-19H,12-13H2,1-3H3,(H,23,24)/t18-,19+/m0/s1. The van der Waals surface area contributed by atoms with E-state index in [9.17, 15) is 4.79 Å². The molecule has 0 aromatic heterocycles. The topological polar surface area (TPSA) is 47.6 Å². The summed E-state index contributed by atoms with van der Waals surface area (Å²) in [6.45, 7) is 6.07. The van der Waals surface area contributed by atoms with Gasteiger partial charge in [-0.25, -0.2) is 4.79 Å². The molecule has 138 valence electrons. The van der Waals surface area contributed by atoms with E-state index < -0.39 is 11.7 Å². The van der Waals surface area contributed by atoms with Gasteiger partial charge in [0.25, 0.3) is 0 Å². The van der Waals surface area contributed by atoms with Crippen LogP contribution in [0.25, 0.3) is 0 Å². The van der Waals surface area contributed by atoms with E-state index in [0.717, 1.165) is 22.0 Å². The van der Waals surface area contributed by atoms with Crippen molar-refractivity contribution in [2.45, 2.75) is 51.5 Å². The SMILES string of the molecule is CC(C)(C)OC(=O)N[C@@H]1c2ccccc2C[C@@H]1OCc1ccc(Br)cc1. The molecular formula is C21H24BrNO3. The van der Waals surface area contributed by atoms with Gasteiger partial charge in [-0.05, 0) is 49.6 Å². The molecule has 0 bridgehead atoms. The van der Waals surface area contributed by atoms with Gasteiger partial charge in [0.2, 0.25) is 0 Å². The monoisotopic (exact) mass is 417 g/mol. The summed E-state index contributed by atoms with van der Waals surface area (Å²) in [7, 11) is 0. The van der Waals surface area contributed by atoms with Crippen LogP contribution in [0.2, 0.25) is 0 Å². The average Bonchev–Trinajstić information content (AvgIpc) is 2.90. The molecule has 1 aliphatic carbocycles. The van der Waals surface area contributed by atoms with Crippen LogP contribution in [0.5, 0.6) is 0 Å². The first-order chi connectivity index (χ1) is 12.3. The fraction of sp³-hybridized carbons (Fsp3) is 0.381. The van der Waals surface area contributed by atoms with Crippen LogP contribution in [0.1, 0.15) is 43.5 Å². The molecule has 0 radical (unpaired) electrons. The first-order valence-electron chi connectivity index (χ1n) is 8.75. The van der Waals surface area contributed by atoms with Gasteiger partial charge >= 0.3 is 6.09 Å². The smallest absolute Gasteiger partial charge is 0.408 e. The Bertz CT molecular complexity index is 768. The summed E-state index contributed by atoms with van der Waals surface area (Å²) >= 11 is 3.44. The van der Waals surface area contributed by atoms with E-state index >= 15 is 0 Å². The minimum atomic E-state index is -0.532. The van der Waals surface area contributed by atoms with E-state index in [0.29, 0.717) is 6.61 Å². The highest BCUT2D eigenvalue weighted by atomic mass is 79.9. The highest BCUT2D eigenvalue weighted by molar-refractivity contribution is 9.10. The lowest BCUT2D eigenvalue weighted by Crippen LogP contribution is -2.39. The van der Waals surface area contributed by atoms with Crippen molar-refractivity contribution in [2.75, 3.05) is 0 Å². The van der Waals surface area contributed by atoms with Crippen LogP contribution in [0.4, 0.5) is 4.79 Å². The van der Waals surface area contributed by atoms with Gasteiger partial charge in [-0.15, -0.1) is 0 Å². The molecule has 0 saturated carbocycles. The molecule has 4 nitrogen and oxygen atoms in total. The van der Waals surface area contributed by atoms with Crippen molar-refractivity contribution in [3.63, 3.8) is 0 Å². The first-order valence-corrected chi connectivity index (χ1v) is 9.54. The zero-order chi connectivity index (χ0) is 18.7. The molecule has 5 heteroatoms. The maximum atomic E-state index is 12.3. The Balaban J connectivity index is 1.71. The third-order valence-corrected chi connectivity index (χ3v) is 4.76. The summed E-state index contributed by atoms with van der Waals surface area (Å²) in [5.74, 6) is 0. The number of halogens is 1. The van der Waals surface area contributed by atoms with Crippen LogP contribution >= 0.6 is 15.9 Å². The Kier molecular flexibility index (Phi) is 5.68. The maximum absolute atomic E-state index is 12.3. The lowest BCUT2D eigenvalue weighted by atomic mass is 10.1. The molecule has 2 aromatic carbocycles. The Hall–Kier alpha value is -1.85. The molecule has 2 aromatic rings. The molecule has 1 N–H and O–H groups in total. The largest absolute Gasteiger partial charge is 0.444 e. The normalized spacial score (nSPS) is 19.1. The minimum absolute atomic E-state index is 0.122. The fourth-order valence-corrected chi connectivity index (χ4v) is 3.37. The lowest BCUT2D eigenvalue weighted by molar-refractivity contribution is 0.0121. The van der Waals surface area contributed by atoms with E-state index in [1.54, 1.807) is 0 Å². The third kappa shape index (κ3) is 4.86. The number of rotatable bonds is 4. The second-order valence-corrected chi connectivity index (χ2v) is 8.42. The summed E-state index contributed by atoms with van der Waals surface area (Å²) in [6.07, 6.45) is 0.229. The van der Waals surface area contributed by atoms with Crippen molar-refractivity contribution in [1.29, 1.82) is 0 Å². The molecule has 1 aliphatic rings. The van der Waals surface area contributed by atoms with E-state index in [4.69, 9.17) is 9.47 Å². The van der Waals surface area contributed by atoms with Gasteiger partial charge in [0, 0.05) is 10.9 Å². The van der Waals surface area contributed by atoms with E-state index in [2.05, 4.69) is 27.3 Å². The number of amides is 1. The van der Waals surface area contributed by atoms with Gasteiger partial charge < -0.3 is 14.8 Å². The summed E-state index contributed by atoms with van der Waals surface area (Å²) in [4.78, 5) is 12.3. The van der Waals surface area contributed by atoms with Crippen molar-refractivity contribution < 1.29 is 14.3 Å². The molecule has 3 rings (SSSR count). The highest BCUT2D eigenvalue weighted by Crippen LogP contribution is 2.34. The fourth-order valence-electron chi connectivity index (χ4n) is 3.10. The van der Waals surface area contributed by atoms with Crippen LogP contribution in [-0.4, -0.2) is 17.8 Å². The van der Waals surface area contributed by atoms with Crippen molar-refractivity contribution in [2.24, 2.45) is 0 Å². The predicted molar refractivity (Wildman–Crippen MR) is 105 cm³/mol. The number of fused-ring (bicyclic) bond motifs is 1. The number of alkyl carbamates (subject to hydrolysis) is 1. The quantitative estimate of drug-likeness (QED) is 0.747. The van der Waals surface area contributed by atoms with E-state index in [1.165, 1.54) is 5.56 Å². The van der Waals surface area contributed by atoms with E-state index in [1.807, 2.05) is 63.2 Å². The van der Waals surface area contributed by atoms with Crippen LogP contribution in [0.15, 0.2) is 53.0 Å². The number of ether oxygens (including phenoxy) is 2. The van der Waals surface area contributed by atoms with E-state index in [-0.39, 0.29) is 12.1 Å². The van der Waals surface area contributed by atoms with Gasteiger partial charge in [0.15, 0.2) is 0 Å². The molecule has 0 fully saturated rings. The molecule has 0 saturated heterocycles. The summed E-state index contributed by atoms with van der Waals surface area (Å²) < 4.78 is 12.6. The van der Waals surface area contributed by atoms with Gasteiger partial charge in [-0.3, -0.25) is 0 Å². The van der Waals surface area contributed by atoms with Crippen molar-refractivity contribution in [1.82, 2.24) is 5.32 Å². The van der Waals surface area contributed by atoms with Gasteiger partial charge in [-0.1, -0.05) is 52.3 Å². The van der Waals surface area contributed by atoms with Gasteiger partial charge in [0.05, 0.1) is 18.8 Å². The molecule has 0 aliphatic heterocycles. The zero-order valence-corrected chi connectivity index (χ0v) is 16.9. The number of nitrogens with one attached hydrogen (secondary N) is 1. The first kappa shape index (κ1) is 18.9. The summed E-state index contributed by atoms with van der Waals surface area (Å²) in [6, 6.07) is 16.0. The zero-order valence-electron chi connectivity index (χ0n) is 15.3. The van der Waals surface area contributed by atoms with Crippen LogP contribution in [-0.2, 0) is 22.5 Å². The molecule has 2 atom stereocenters. The number of benzene rings is 2. The Morgan fingerprint density at radius 2 is 1.85 bits per heavy atom. The number of hydrogen-bond acceptors (Lipinski definition) is 3. The molecule has 1 amide bonds. The van der Waals surface area contributed by atoms with Crippen LogP contribution in [0, 0.1) is 0 Å². The maximum Gasteiger partial charge on any atom is 0.408 e. The molecule has 0 unspecified atom stereocenters. The molecular weight excluding hydrogens is 394 g/mol. The van der Waals surface area contributed by atoms with Gasteiger partial charge in [0.1, 0.15) is 5.60 Å². The average molecular weight is 418 g/mol. The van der Waals surface area contributed by atoms with Crippen LogP contribution in [0.3, 0.4) is 0 Å². The van der Waals surface area contributed by atoms with Gasteiger partial charge in [-0.2, -0.15) is 0 Å². The number of hydrogen-bond donors (Lipinski definition) is 1. The Labute approximate surface area is 163 Å². The van der Waals surface area contributed by atoms with Crippen molar-refractivity contribution in [3.8, 4) is 0 Å². The predicted octanol–water partition coefficient (Wildman–Crippen LogP) is 5.16. The highest BCUT2D eigenvalue weighted by Gasteiger charge is 2.35. The number of carbonyl (C=O) groups excluding carboxylic acids is 1. The minimum Gasteiger partial charge on any atom is -0.444 e. The second kappa shape index (κ2) is 7.80. The number of carbonyl (C=O) groups is 1. The molecule has 0 spiro atoms. The molecule has 26 heavy (non-hydrogen) atoms. The Morgan fingerprint density at radius 3 is 2.54 bits per heavy atom. The van der Waals surface area contributed by atoms with Crippen molar-refractivity contribution in [3.05, 3.63) is 69.7 Å². The Morgan fingerprint density at radius 1 is 1.15 bits per heavy atom. The third-order valence-electron chi connectivity index (χ3n) is 4.23. The lowest BCUT2D eigenvalue weighted by Gasteiger charge is -2.25.